The molecule has 3 heterocycles. The van der Waals surface area contributed by atoms with Gasteiger partial charge in [-0.3, -0.25) is 4.79 Å². The molecule has 0 aromatic rings. The highest BCUT2D eigenvalue weighted by atomic mass is 16.7. The van der Waals surface area contributed by atoms with Crippen molar-refractivity contribution in [1.82, 2.24) is 5.32 Å². The predicted molar refractivity (Wildman–Crippen MR) is 111 cm³/mol. The maximum absolute atomic E-state index is 11.9. The summed E-state index contributed by atoms with van der Waals surface area (Å²) >= 11 is 0. The Morgan fingerprint density at radius 3 is 1.92 bits per heavy atom. The Labute approximate surface area is 205 Å². The van der Waals surface area contributed by atoms with Crippen molar-refractivity contribution in [2.24, 2.45) is 0 Å². The molecule has 0 bridgehead atoms. The number of rotatable bonds is 7. The van der Waals surface area contributed by atoms with Crippen molar-refractivity contribution in [3.05, 3.63) is 0 Å². The van der Waals surface area contributed by atoms with Crippen LogP contribution in [0, 0.1) is 0 Å². The second-order valence-electron chi connectivity index (χ2n) is 9.05. The van der Waals surface area contributed by atoms with Gasteiger partial charge in [0.1, 0.15) is 67.1 Å². The summed E-state index contributed by atoms with van der Waals surface area (Å²) in [7, 11) is 0. The molecule has 16 heteroatoms. The molecule has 3 aliphatic heterocycles. The summed E-state index contributed by atoms with van der Waals surface area (Å²) in [6.45, 7) is 1.02. The van der Waals surface area contributed by atoms with Crippen LogP contribution in [0.25, 0.3) is 0 Å². The normalized spacial score (nSPS) is 50.0. The Morgan fingerprint density at radius 2 is 1.33 bits per heavy atom. The lowest BCUT2D eigenvalue weighted by Gasteiger charge is -2.48. The summed E-state index contributed by atoms with van der Waals surface area (Å²) in [6.07, 6.45) is -21.8. The Balaban J connectivity index is 1.82. The van der Waals surface area contributed by atoms with Crippen LogP contribution in [0.15, 0.2) is 0 Å². The molecule has 0 aromatic heterocycles. The summed E-state index contributed by atoms with van der Waals surface area (Å²) in [5, 5.41) is 93.5. The van der Waals surface area contributed by atoms with E-state index < -0.39 is 111 Å². The molecule has 3 saturated heterocycles. The van der Waals surface area contributed by atoms with Gasteiger partial charge in [0, 0.05) is 6.92 Å². The van der Waals surface area contributed by atoms with Crippen molar-refractivity contribution >= 4 is 5.91 Å². The van der Waals surface area contributed by atoms with E-state index >= 15 is 0 Å². The molecule has 1 amide bonds. The smallest absolute Gasteiger partial charge is 0.217 e. The monoisotopic (exact) mass is 529 g/mol. The standard InChI is InChI=1S/C20H35NO15/c1-5-10(25)13(28)14(29)20(32-5)35-16-8(4-23)34-19(9(12(16)27)21-6(2)24)36-17-11(26)7(3-22)33-18(31)15(17)30/h5,7-20,22-23,25-31H,3-4H2,1-2H3,(H,21,24)/t5-,7+,8+,9+,10+,11-,12+,13+,14-,15+,16+,17-,18+,19-,20-/m0/s1. The molecule has 10 N–H and O–H groups in total. The van der Waals surface area contributed by atoms with Crippen LogP contribution < -0.4 is 5.32 Å². The van der Waals surface area contributed by atoms with Crippen LogP contribution in [0.2, 0.25) is 0 Å². The van der Waals surface area contributed by atoms with Crippen LogP contribution in [0.5, 0.6) is 0 Å². The van der Waals surface area contributed by atoms with Crippen molar-refractivity contribution in [1.29, 1.82) is 0 Å². The minimum atomic E-state index is -1.85. The predicted octanol–water partition coefficient (Wildman–Crippen LogP) is -6.40. The molecule has 210 valence electrons. The van der Waals surface area contributed by atoms with Crippen molar-refractivity contribution in [3.63, 3.8) is 0 Å². The molecule has 3 rings (SSSR count). The van der Waals surface area contributed by atoms with Crippen LogP contribution in [0.3, 0.4) is 0 Å². The van der Waals surface area contributed by atoms with Gasteiger partial charge in [0.05, 0.1) is 19.3 Å². The molecule has 0 unspecified atom stereocenters. The second kappa shape index (κ2) is 12.2. The number of aliphatic hydroxyl groups is 9. The third-order valence-electron chi connectivity index (χ3n) is 6.45. The molecule has 36 heavy (non-hydrogen) atoms. The number of aliphatic hydroxyl groups excluding tert-OH is 9. The number of hydrogen-bond acceptors (Lipinski definition) is 15. The summed E-state index contributed by atoms with van der Waals surface area (Å²) in [5.74, 6) is -0.653. The van der Waals surface area contributed by atoms with Gasteiger partial charge in [-0.15, -0.1) is 0 Å². The van der Waals surface area contributed by atoms with Crippen molar-refractivity contribution in [2.75, 3.05) is 13.2 Å². The van der Waals surface area contributed by atoms with Gasteiger partial charge in [-0.2, -0.15) is 0 Å². The first kappa shape index (κ1) is 29.5. The highest BCUT2D eigenvalue weighted by molar-refractivity contribution is 5.73. The molecular formula is C20H35NO15. The molecule has 3 fully saturated rings. The fraction of sp³-hybridized carbons (Fsp3) is 0.950. The minimum Gasteiger partial charge on any atom is -0.394 e. The third-order valence-corrected chi connectivity index (χ3v) is 6.45. The van der Waals surface area contributed by atoms with Gasteiger partial charge in [0.15, 0.2) is 18.9 Å². The molecular weight excluding hydrogens is 494 g/mol. The van der Waals surface area contributed by atoms with Crippen LogP contribution in [0.1, 0.15) is 13.8 Å². The molecule has 0 aliphatic carbocycles. The average Bonchev–Trinajstić information content (AvgIpc) is 2.84. The largest absolute Gasteiger partial charge is 0.394 e. The van der Waals surface area contributed by atoms with E-state index in [-0.39, 0.29) is 0 Å². The Kier molecular flexibility index (Phi) is 9.97. The molecule has 0 saturated carbocycles. The molecule has 0 radical (unpaired) electrons. The zero-order valence-corrected chi connectivity index (χ0v) is 19.5. The first-order valence-electron chi connectivity index (χ1n) is 11.4. The van der Waals surface area contributed by atoms with Crippen LogP contribution >= 0.6 is 0 Å². The molecule has 0 spiro atoms. The third kappa shape index (κ3) is 5.97. The van der Waals surface area contributed by atoms with Gasteiger partial charge in [-0.05, 0) is 6.92 Å². The van der Waals surface area contributed by atoms with Gasteiger partial charge >= 0.3 is 0 Å². The topological polar surface area (TPSA) is 257 Å². The fourth-order valence-electron chi connectivity index (χ4n) is 4.40. The van der Waals surface area contributed by atoms with Crippen molar-refractivity contribution in [2.45, 2.75) is 106 Å². The summed E-state index contributed by atoms with van der Waals surface area (Å²) in [4.78, 5) is 11.9. The first-order chi connectivity index (χ1) is 16.9. The number of ether oxygens (including phenoxy) is 5. The number of carbonyl (C=O) groups excluding carboxylic acids is 1. The van der Waals surface area contributed by atoms with E-state index in [0.29, 0.717) is 0 Å². The molecule has 3 aliphatic rings. The Bertz CT molecular complexity index is 731. The maximum Gasteiger partial charge on any atom is 0.217 e. The Hall–Kier alpha value is -1.09. The number of hydrogen-bond donors (Lipinski definition) is 10. The SMILES string of the molecule is CC(=O)N[C@H]1[C@H](O[C@@H]2[C@@H](O)[C@H](O)O[C@H](CO)[C@@H]2O)O[C@H](CO)[C@@H](O[C@@H]2O[C@@H](C)[C@@H](O)[C@@H](O)[C@@H]2O)[C@@H]1O. The van der Waals surface area contributed by atoms with Crippen LogP contribution in [0.4, 0.5) is 0 Å². The quantitative estimate of drug-likeness (QED) is 0.147. The van der Waals surface area contributed by atoms with Crippen LogP contribution in [-0.2, 0) is 28.5 Å². The number of nitrogens with one attached hydrogen (secondary N) is 1. The minimum absolute atomic E-state index is 0.653. The molecule has 16 nitrogen and oxygen atoms in total. The van der Waals surface area contributed by atoms with Gasteiger partial charge in [0.2, 0.25) is 5.91 Å². The average molecular weight is 529 g/mol. The lowest BCUT2D eigenvalue weighted by atomic mass is 9.94. The maximum atomic E-state index is 11.9. The van der Waals surface area contributed by atoms with E-state index in [0.717, 1.165) is 6.92 Å². The second-order valence-corrected chi connectivity index (χ2v) is 9.05. The van der Waals surface area contributed by atoms with Gasteiger partial charge in [-0.25, -0.2) is 0 Å². The molecule has 0 aromatic carbocycles. The van der Waals surface area contributed by atoms with Gasteiger partial charge in [-0.1, -0.05) is 0 Å². The van der Waals surface area contributed by atoms with Crippen molar-refractivity contribution < 1.29 is 74.4 Å². The number of carbonyl (C=O) groups is 1. The zero-order valence-electron chi connectivity index (χ0n) is 19.5. The van der Waals surface area contributed by atoms with E-state index in [1.54, 1.807) is 0 Å². The summed E-state index contributed by atoms with van der Waals surface area (Å²) < 4.78 is 27.2. The van der Waals surface area contributed by atoms with Gasteiger partial charge < -0.3 is 75.0 Å². The van der Waals surface area contributed by atoms with E-state index in [2.05, 4.69) is 5.32 Å². The fourth-order valence-corrected chi connectivity index (χ4v) is 4.40. The van der Waals surface area contributed by atoms with Crippen LogP contribution in [-0.4, -0.2) is 157 Å². The van der Waals surface area contributed by atoms with E-state index in [9.17, 15) is 50.8 Å². The highest BCUT2D eigenvalue weighted by Crippen LogP contribution is 2.32. The lowest BCUT2D eigenvalue weighted by Crippen LogP contribution is -2.69. The summed E-state index contributed by atoms with van der Waals surface area (Å²) in [5.41, 5.74) is 0. The Morgan fingerprint density at radius 1 is 0.722 bits per heavy atom. The van der Waals surface area contributed by atoms with Crippen molar-refractivity contribution in [3.8, 4) is 0 Å². The lowest BCUT2D eigenvalue weighted by molar-refractivity contribution is -0.363. The van der Waals surface area contributed by atoms with Gasteiger partial charge in [0.25, 0.3) is 0 Å². The van der Waals surface area contributed by atoms with E-state index in [4.69, 9.17) is 23.7 Å². The summed E-state index contributed by atoms with van der Waals surface area (Å²) in [6, 6.07) is -1.43. The zero-order chi connectivity index (χ0) is 26.9. The first-order valence-corrected chi connectivity index (χ1v) is 11.4. The molecule has 15 atom stereocenters. The van der Waals surface area contributed by atoms with E-state index in [1.165, 1.54) is 6.92 Å². The van der Waals surface area contributed by atoms with E-state index in [1.807, 2.05) is 0 Å². The highest BCUT2D eigenvalue weighted by Gasteiger charge is 2.53. The number of amides is 1.